The highest BCUT2D eigenvalue weighted by Crippen LogP contribution is 2.35. The Labute approximate surface area is 154 Å². The fraction of sp³-hybridized carbons (Fsp3) is 0.211. The predicted octanol–water partition coefficient (Wildman–Crippen LogP) is 5.29. The van der Waals surface area contributed by atoms with Gasteiger partial charge in [0, 0.05) is 0 Å². The highest BCUT2D eigenvalue weighted by molar-refractivity contribution is 14.1. The number of rotatable bonds is 6. The third-order valence-corrected chi connectivity index (χ3v) is 3.99. The molecule has 0 N–H and O–H groups in total. The number of nitrogens with zero attached hydrogens (tertiary/aromatic N) is 1. The van der Waals surface area contributed by atoms with Gasteiger partial charge in [-0.05, 0) is 77.9 Å². The topological polar surface area (TPSA) is 42.2 Å². The lowest BCUT2D eigenvalue weighted by molar-refractivity contribution is 0.286. The molecule has 0 saturated heterocycles. The summed E-state index contributed by atoms with van der Waals surface area (Å²) in [5.74, 6) is 0.959. The third-order valence-electron chi connectivity index (χ3n) is 3.19. The number of ether oxygens (including phenoxy) is 2. The van der Waals surface area contributed by atoms with Crippen LogP contribution < -0.4 is 9.47 Å². The average Bonchev–Trinajstić information content (AvgIpc) is 2.56. The van der Waals surface area contributed by atoms with Gasteiger partial charge in [0.1, 0.15) is 5.82 Å². The van der Waals surface area contributed by atoms with Gasteiger partial charge >= 0.3 is 0 Å². The Kier molecular flexibility index (Phi) is 6.62. The van der Waals surface area contributed by atoms with Crippen LogP contribution in [0.2, 0.25) is 0 Å². The number of hydrogen-bond acceptors (Lipinski definition) is 3. The van der Waals surface area contributed by atoms with Crippen LogP contribution in [0.25, 0.3) is 11.6 Å². The molecule has 0 spiro atoms. The predicted molar refractivity (Wildman–Crippen MR) is 101 cm³/mol. The second kappa shape index (κ2) is 8.69. The Hall–Kier alpha value is -2.07. The molecule has 0 fully saturated rings. The van der Waals surface area contributed by atoms with Gasteiger partial charge in [0.2, 0.25) is 0 Å². The zero-order valence-corrected chi connectivity index (χ0v) is 15.6. The summed E-state index contributed by atoms with van der Waals surface area (Å²) in [6.07, 6.45) is 1.72. The Bertz CT molecular complexity index is 796. The van der Waals surface area contributed by atoms with E-state index < -0.39 is 0 Å². The monoisotopic (exact) mass is 437 g/mol. The van der Waals surface area contributed by atoms with Gasteiger partial charge in [0.25, 0.3) is 0 Å². The van der Waals surface area contributed by atoms with Crippen molar-refractivity contribution in [1.29, 1.82) is 5.26 Å². The molecule has 0 atom stereocenters. The van der Waals surface area contributed by atoms with Crippen LogP contribution in [0, 0.1) is 20.7 Å². The fourth-order valence-corrected chi connectivity index (χ4v) is 3.00. The zero-order valence-electron chi connectivity index (χ0n) is 13.5. The SMILES string of the molecule is CCOc1cc(/C=C(/C#N)c2cccc(F)c2)cc(I)c1OCC. The van der Waals surface area contributed by atoms with E-state index >= 15 is 0 Å². The van der Waals surface area contributed by atoms with Gasteiger partial charge in [0.05, 0.1) is 28.4 Å². The molecule has 0 aliphatic rings. The van der Waals surface area contributed by atoms with Gasteiger partial charge in [-0.2, -0.15) is 5.26 Å². The minimum Gasteiger partial charge on any atom is -0.490 e. The molecule has 0 aromatic heterocycles. The number of hydrogen-bond donors (Lipinski definition) is 0. The van der Waals surface area contributed by atoms with E-state index in [2.05, 4.69) is 28.7 Å². The molecule has 3 nitrogen and oxygen atoms in total. The summed E-state index contributed by atoms with van der Waals surface area (Å²) in [6, 6.07) is 11.9. The van der Waals surface area contributed by atoms with Crippen LogP contribution in [0.3, 0.4) is 0 Å². The number of halogens is 2. The summed E-state index contributed by atoms with van der Waals surface area (Å²) < 4.78 is 25.6. The van der Waals surface area contributed by atoms with Crippen LogP contribution >= 0.6 is 22.6 Å². The largest absolute Gasteiger partial charge is 0.490 e. The summed E-state index contributed by atoms with van der Waals surface area (Å²) >= 11 is 2.18. The standard InChI is InChI=1S/C19H17FINO2/c1-3-23-18-10-13(9-17(21)19(18)24-4-2)8-15(12-22)14-6-5-7-16(20)11-14/h5-11H,3-4H2,1-2H3/b15-8-. The maximum absolute atomic E-state index is 13.4. The molecule has 0 aliphatic carbocycles. The molecule has 0 aliphatic heterocycles. The Morgan fingerprint density at radius 2 is 1.96 bits per heavy atom. The average molecular weight is 437 g/mol. The van der Waals surface area contributed by atoms with Gasteiger partial charge in [-0.25, -0.2) is 4.39 Å². The van der Waals surface area contributed by atoms with E-state index in [1.54, 1.807) is 18.2 Å². The number of nitriles is 1. The summed E-state index contributed by atoms with van der Waals surface area (Å²) in [7, 11) is 0. The van der Waals surface area contributed by atoms with E-state index in [1.807, 2.05) is 26.0 Å². The van der Waals surface area contributed by atoms with Crippen molar-refractivity contribution in [3.05, 3.63) is 56.9 Å². The van der Waals surface area contributed by atoms with Crippen LogP contribution in [0.5, 0.6) is 11.5 Å². The summed E-state index contributed by atoms with van der Waals surface area (Å²) in [6.45, 7) is 4.87. The lowest BCUT2D eigenvalue weighted by Gasteiger charge is -2.13. The fourth-order valence-electron chi connectivity index (χ4n) is 2.22. The first-order valence-electron chi connectivity index (χ1n) is 7.55. The molecule has 0 unspecified atom stereocenters. The second-order valence-corrected chi connectivity index (χ2v) is 6.04. The van der Waals surface area contributed by atoms with Crippen molar-refractivity contribution < 1.29 is 13.9 Å². The molecule has 2 aromatic carbocycles. The van der Waals surface area contributed by atoms with E-state index in [9.17, 15) is 9.65 Å². The first-order valence-corrected chi connectivity index (χ1v) is 8.63. The molecule has 0 saturated carbocycles. The van der Waals surface area contributed by atoms with E-state index in [0.29, 0.717) is 35.8 Å². The zero-order chi connectivity index (χ0) is 17.5. The van der Waals surface area contributed by atoms with Crippen LogP contribution in [0.4, 0.5) is 4.39 Å². The Morgan fingerprint density at radius 1 is 1.21 bits per heavy atom. The molecule has 124 valence electrons. The summed E-state index contributed by atoms with van der Waals surface area (Å²) in [5.41, 5.74) is 1.73. The molecule has 2 rings (SSSR count). The molecular formula is C19H17FINO2. The van der Waals surface area contributed by atoms with Gasteiger partial charge in [-0.3, -0.25) is 0 Å². The van der Waals surface area contributed by atoms with Gasteiger partial charge in [-0.1, -0.05) is 12.1 Å². The first kappa shape index (κ1) is 18.3. The third kappa shape index (κ3) is 4.48. The lowest BCUT2D eigenvalue weighted by atomic mass is 10.0. The molecule has 2 aromatic rings. The van der Waals surface area contributed by atoms with Crippen molar-refractivity contribution >= 4 is 34.2 Å². The maximum atomic E-state index is 13.4. The minimum absolute atomic E-state index is 0.370. The Morgan fingerprint density at radius 3 is 2.58 bits per heavy atom. The summed E-state index contributed by atoms with van der Waals surface area (Å²) in [4.78, 5) is 0. The van der Waals surface area contributed by atoms with Gasteiger partial charge < -0.3 is 9.47 Å². The minimum atomic E-state index is -0.370. The quantitative estimate of drug-likeness (QED) is 0.350. The number of benzene rings is 2. The van der Waals surface area contributed by atoms with Crippen LogP contribution in [0.15, 0.2) is 36.4 Å². The Balaban J connectivity index is 2.49. The molecule has 0 amide bonds. The highest BCUT2D eigenvalue weighted by Gasteiger charge is 2.12. The highest BCUT2D eigenvalue weighted by atomic mass is 127. The molecule has 0 radical (unpaired) electrons. The van der Waals surface area contributed by atoms with Crippen LogP contribution in [-0.2, 0) is 0 Å². The lowest BCUT2D eigenvalue weighted by Crippen LogP contribution is -2.00. The van der Waals surface area contributed by atoms with Gasteiger partial charge in [-0.15, -0.1) is 0 Å². The van der Waals surface area contributed by atoms with E-state index in [-0.39, 0.29) is 5.82 Å². The van der Waals surface area contributed by atoms with Crippen molar-refractivity contribution in [2.24, 2.45) is 0 Å². The van der Waals surface area contributed by atoms with Crippen molar-refractivity contribution in [2.45, 2.75) is 13.8 Å². The van der Waals surface area contributed by atoms with Crippen LogP contribution in [0.1, 0.15) is 25.0 Å². The molecular weight excluding hydrogens is 420 g/mol. The van der Waals surface area contributed by atoms with Crippen LogP contribution in [-0.4, -0.2) is 13.2 Å². The van der Waals surface area contributed by atoms with E-state index in [0.717, 1.165) is 9.13 Å². The first-order chi connectivity index (χ1) is 11.6. The van der Waals surface area contributed by atoms with E-state index in [4.69, 9.17) is 9.47 Å². The normalized spacial score (nSPS) is 11.0. The van der Waals surface area contributed by atoms with Gasteiger partial charge in [0.15, 0.2) is 11.5 Å². The maximum Gasteiger partial charge on any atom is 0.174 e. The number of allylic oxidation sites excluding steroid dienone is 1. The smallest absolute Gasteiger partial charge is 0.174 e. The molecule has 24 heavy (non-hydrogen) atoms. The van der Waals surface area contributed by atoms with Crippen molar-refractivity contribution in [1.82, 2.24) is 0 Å². The van der Waals surface area contributed by atoms with Crippen molar-refractivity contribution in [2.75, 3.05) is 13.2 Å². The molecule has 0 heterocycles. The second-order valence-electron chi connectivity index (χ2n) is 4.88. The van der Waals surface area contributed by atoms with Crippen molar-refractivity contribution in [3.63, 3.8) is 0 Å². The molecule has 0 bridgehead atoms. The van der Waals surface area contributed by atoms with E-state index in [1.165, 1.54) is 12.1 Å². The molecule has 5 heteroatoms. The van der Waals surface area contributed by atoms with Crippen molar-refractivity contribution in [3.8, 4) is 17.6 Å². The summed E-state index contributed by atoms with van der Waals surface area (Å²) in [5, 5.41) is 9.41.